The summed E-state index contributed by atoms with van der Waals surface area (Å²) < 4.78 is 31.6. The first kappa shape index (κ1) is 18.0. The van der Waals surface area contributed by atoms with Crippen LogP contribution in [0.4, 0.5) is 5.69 Å². The first-order chi connectivity index (χ1) is 11.3. The Morgan fingerprint density at radius 1 is 1.08 bits per heavy atom. The van der Waals surface area contributed by atoms with Crippen LogP contribution in [0.15, 0.2) is 53.4 Å². The van der Waals surface area contributed by atoms with Gasteiger partial charge >= 0.3 is 0 Å². The Kier molecular flexibility index (Phi) is 5.58. The number of amides is 1. The number of nitrogens with one attached hydrogen (secondary N) is 1. The van der Waals surface area contributed by atoms with Gasteiger partial charge in [-0.15, -0.1) is 0 Å². The molecule has 128 valence electrons. The zero-order chi connectivity index (χ0) is 17.7. The van der Waals surface area contributed by atoms with Gasteiger partial charge in [0.25, 0.3) is 0 Å². The number of hydrogen-bond acceptors (Lipinski definition) is 4. The minimum absolute atomic E-state index is 0.174. The number of hydrogen-bond donors (Lipinski definition) is 1. The van der Waals surface area contributed by atoms with Crippen LogP contribution >= 0.6 is 0 Å². The van der Waals surface area contributed by atoms with E-state index in [-0.39, 0.29) is 17.3 Å². The molecule has 0 aliphatic rings. The lowest BCUT2D eigenvalue weighted by molar-refractivity contribution is -0.114. The first-order valence-electron chi connectivity index (χ1n) is 7.30. The molecule has 0 aliphatic carbocycles. The van der Waals surface area contributed by atoms with Gasteiger partial charge in [-0.3, -0.25) is 4.79 Å². The maximum absolute atomic E-state index is 12.6. The smallest absolute Gasteiger partial charge is 0.243 e. The average molecular weight is 348 g/mol. The van der Waals surface area contributed by atoms with Crippen LogP contribution < -0.4 is 10.1 Å². The van der Waals surface area contributed by atoms with Gasteiger partial charge in [0.1, 0.15) is 5.75 Å². The molecule has 2 rings (SSSR count). The number of methoxy groups -OCH3 is 1. The first-order valence-corrected chi connectivity index (χ1v) is 8.74. The third kappa shape index (κ3) is 4.33. The van der Waals surface area contributed by atoms with Gasteiger partial charge in [-0.1, -0.05) is 12.1 Å². The molecule has 0 saturated carbocycles. The molecule has 2 aromatic rings. The molecule has 0 spiro atoms. The van der Waals surface area contributed by atoms with Gasteiger partial charge in [-0.05, 0) is 42.0 Å². The zero-order valence-corrected chi connectivity index (χ0v) is 14.6. The highest BCUT2D eigenvalue weighted by molar-refractivity contribution is 7.89. The Labute approximate surface area is 142 Å². The molecule has 1 N–H and O–H groups in total. The van der Waals surface area contributed by atoms with E-state index in [1.54, 1.807) is 31.4 Å². The Balaban J connectivity index is 2.14. The second-order valence-corrected chi connectivity index (χ2v) is 7.36. The van der Waals surface area contributed by atoms with Crippen LogP contribution in [0.25, 0.3) is 0 Å². The summed E-state index contributed by atoms with van der Waals surface area (Å²) >= 11 is 0. The predicted molar refractivity (Wildman–Crippen MR) is 92.4 cm³/mol. The standard InChI is InChI=1S/C17H20N2O4S/c1-13(20)18-15-6-10-17(11-7-15)24(21,22)19(2)12-14-4-8-16(23-3)9-5-14/h4-11H,12H2,1-3H3,(H,18,20). The minimum Gasteiger partial charge on any atom is -0.497 e. The van der Waals surface area contributed by atoms with E-state index in [0.29, 0.717) is 5.69 Å². The summed E-state index contributed by atoms with van der Waals surface area (Å²) in [6, 6.07) is 13.3. The van der Waals surface area contributed by atoms with Crippen molar-refractivity contribution < 1.29 is 17.9 Å². The van der Waals surface area contributed by atoms with Gasteiger partial charge < -0.3 is 10.1 Å². The normalized spacial score (nSPS) is 11.3. The molecule has 0 aliphatic heterocycles. The summed E-state index contributed by atoms with van der Waals surface area (Å²) in [6.45, 7) is 1.65. The van der Waals surface area contributed by atoms with E-state index in [2.05, 4.69) is 5.32 Å². The summed E-state index contributed by atoms with van der Waals surface area (Å²) in [5.41, 5.74) is 1.41. The largest absolute Gasteiger partial charge is 0.497 e. The lowest BCUT2D eigenvalue weighted by Gasteiger charge is -2.17. The van der Waals surface area contributed by atoms with E-state index >= 15 is 0 Å². The molecule has 2 aromatic carbocycles. The van der Waals surface area contributed by atoms with E-state index in [4.69, 9.17) is 4.74 Å². The topological polar surface area (TPSA) is 75.7 Å². The number of carbonyl (C=O) groups is 1. The average Bonchev–Trinajstić information content (AvgIpc) is 2.55. The van der Waals surface area contributed by atoms with E-state index in [9.17, 15) is 13.2 Å². The quantitative estimate of drug-likeness (QED) is 0.870. The van der Waals surface area contributed by atoms with Crippen molar-refractivity contribution in [2.45, 2.75) is 18.4 Å². The summed E-state index contributed by atoms with van der Waals surface area (Å²) in [4.78, 5) is 11.2. The molecule has 0 saturated heterocycles. The van der Waals surface area contributed by atoms with Crippen molar-refractivity contribution >= 4 is 21.6 Å². The summed E-state index contributed by atoms with van der Waals surface area (Å²) in [5.74, 6) is 0.514. The molecule has 0 aromatic heterocycles. The van der Waals surface area contributed by atoms with Crippen molar-refractivity contribution in [3.05, 3.63) is 54.1 Å². The third-order valence-corrected chi connectivity index (χ3v) is 5.26. The Hall–Kier alpha value is -2.38. The van der Waals surface area contributed by atoms with E-state index < -0.39 is 10.0 Å². The Morgan fingerprint density at radius 3 is 2.17 bits per heavy atom. The number of nitrogens with zero attached hydrogens (tertiary/aromatic N) is 1. The monoisotopic (exact) mass is 348 g/mol. The van der Waals surface area contributed by atoms with Crippen LogP contribution in [0.2, 0.25) is 0 Å². The highest BCUT2D eigenvalue weighted by atomic mass is 32.2. The second kappa shape index (κ2) is 7.46. The van der Waals surface area contributed by atoms with Crippen LogP contribution in [0.5, 0.6) is 5.75 Å². The van der Waals surface area contributed by atoms with Gasteiger partial charge in [0.2, 0.25) is 15.9 Å². The van der Waals surface area contributed by atoms with Gasteiger partial charge in [-0.25, -0.2) is 8.42 Å². The van der Waals surface area contributed by atoms with Gasteiger partial charge in [-0.2, -0.15) is 4.31 Å². The number of ether oxygens (including phenoxy) is 1. The third-order valence-electron chi connectivity index (χ3n) is 3.45. The molecular formula is C17H20N2O4S. The van der Waals surface area contributed by atoms with Crippen LogP contribution in [0.1, 0.15) is 12.5 Å². The fraction of sp³-hybridized carbons (Fsp3) is 0.235. The maximum Gasteiger partial charge on any atom is 0.243 e. The Bertz CT molecular complexity index is 799. The van der Waals surface area contributed by atoms with Gasteiger partial charge in [0.05, 0.1) is 12.0 Å². The lowest BCUT2D eigenvalue weighted by Crippen LogP contribution is -2.26. The number of rotatable bonds is 6. The van der Waals surface area contributed by atoms with Crippen molar-refractivity contribution in [1.82, 2.24) is 4.31 Å². The van der Waals surface area contributed by atoms with Crippen molar-refractivity contribution in [3.63, 3.8) is 0 Å². The van der Waals surface area contributed by atoms with Crippen LogP contribution in [-0.2, 0) is 21.4 Å². The predicted octanol–water partition coefficient (Wildman–Crippen LogP) is 2.47. The number of carbonyl (C=O) groups excluding carboxylic acids is 1. The molecule has 0 unspecified atom stereocenters. The summed E-state index contributed by atoms with van der Waals surface area (Å²) in [7, 11) is -0.500. The Morgan fingerprint density at radius 2 is 1.67 bits per heavy atom. The lowest BCUT2D eigenvalue weighted by atomic mass is 10.2. The molecular weight excluding hydrogens is 328 g/mol. The number of benzene rings is 2. The van der Waals surface area contributed by atoms with Gasteiger partial charge in [0, 0.05) is 26.2 Å². The maximum atomic E-state index is 12.6. The molecule has 7 heteroatoms. The summed E-state index contributed by atoms with van der Waals surface area (Å²) in [5, 5.41) is 2.60. The fourth-order valence-corrected chi connectivity index (χ4v) is 3.33. The molecule has 0 fully saturated rings. The molecule has 0 atom stereocenters. The summed E-state index contributed by atoms with van der Waals surface area (Å²) in [6.07, 6.45) is 0. The fourth-order valence-electron chi connectivity index (χ4n) is 2.17. The van der Waals surface area contributed by atoms with E-state index in [0.717, 1.165) is 11.3 Å². The van der Waals surface area contributed by atoms with E-state index in [1.807, 2.05) is 12.1 Å². The van der Waals surface area contributed by atoms with Crippen molar-refractivity contribution in [3.8, 4) is 5.75 Å². The van der Waals surface area contributed by atoms with Gasteiger partial charge in [0.15, 0.2) is 0 Å². The highest BCUT2D eigenvalue weighted by Gasteiger charge is 2.20. The molecule has 0 radical (unpaired) electrons. The van der Waals surface area contributed by atoms with Crippen LogP contribution in [0, 0.1) is 0 Å². The zero-order valence-electron chi connectivity index (χ0n) is 13.8. The number of anilines is 1. The minimum atomic E-state index is -3.61. The van der Waals surface area contributed by atoms with E-state index in [1.165, 1.54) is 30.4 Å². The number of sulfonamides is 1. The van der Waals surface area contributed by atoms with Crippen molar-refractivity contribution in [1.29, 1.82) is 0 Å². The second-order valence-electron chi connectivity index (χ2n) is 5.31. The molecule has 24 heavy (non-hydrogen) atoms. The van der Waals surface area contributed by atoms with Crippen molar-refractivity contribution in [2.24, 2.45) is 0 Å². The van der Waals surface area contributed by atoms with Crippen LogP contribution in [-0.4, -0.2) is 32.8 Å². The molecule has 0 heterocycles. The molecule has 6 nitrogen and oxygen atoms in total. The highest BCUT2D eigenvalue weighted by Crippen LogP contribution is 2.20. The van der Waals surface area contributed by atoms with Crippen molar-refractivity contribution in [2.75, 3.05) is 19.5 Å². The van der Waals surface area contributed by atoms with Crippen LogP contribution in [0.3, 0.4) is 0 Å². The molecule has 1 amide bonds. The SMILES string of the molecule is COc1ccc(CN(C)S(=O)(=O)c2ccc(NC(C)=O)cc2)cc1. The molecule has 0 bridgehead atoms.